The van der Waals surface area contributed by atoms with Crippen molar-refractivity contribution in [2.24, 2.45) is 0 Å². The molecule has 0 unspecified atom stereocenters. The fourth-order valence-corrected chi connectivity index (χ4v) is 3.95. The highest BCUT2D eigenvalue weighted by Gasteiger charge is 2.21. The number of methoxy groups -OCH3 is 1. The number of nitrogens with zero attached hydrogens (tertiary/aromatic N) is 3. The minimum Gasteiger partial charge on any atom is -0.465 e. The highest BCUT2D eigenvalue weighted by Crippen LogP contribution is 2.21. The summed E-state index contributed by atoms with van der Waals surface area (Å²) in [6.07, 6.45) is 0. The Morgan fingerprint density at radius 2 is 1.82 bits per heavy atom. The van der Waals surface area contributed by atoms with Crippen LogP contribution in [0.3, 0.4) is 0 Å². The van der Waals surface area contributed by atoms with Crippen LogP contribution in [0, 0.1) is 5.82 Å². The molecule has 2 aromatic carbocycles. The molecule has 3 aromatic rings. The van der Waals surface area contributed by atoms with Crippen LogP contribution in [-0.2, 0) is 16.1 Å². The third kappa shape index (κ3) is 5.98. The number of amides is 2. The van der Waals surface area contributed by atoms with Crippen LogP contribution >= 0.6 is 11.8 Å². The summed E-state index contributed by atoms with van der Waals surface area (Å²) in [5.41, 5.74) is 0.873. The van der Waals surface area contributed by atoms with Crippen LogP contribution in [0.5, 0.6) is 0 Å². The van der Waals surface area contributed by atoms with Gasteiger partial charge in [-0.05, 0) is 50.2 Å². The van der Waals surface area contributed by atoms with Gasteiger partial charge >= 0.3 is 5.97 Å². The van der Waals surface area contributed by atoms with E-state index in [9.17, 15) is 18.8 Å². The van der Waals surface area contributed by atoms with Gasteiger partial charge in [0.15, 0.2) is 11.0 Å². The van der Waals surface area contributed by atoms with Crippen LogP contribution in [0.2, 0.25) is 0 Å². The number of carbonyl (C=O) groups is 3. The molecule has 2 amide bonds. The Morgan fingerprint density at radius 1 is 1.12 bits per heavy atom. The number of hydrogen-bond acceptors (Lipinski definition) is 7. The van der Waals surface area contributed by atoms with E-state index >= 15 is 0 Å². The molecule has 0 radical (unpaired) electrons. The zero-order valence-corrected chi connectivity index (χ0v) is 19.7. The Balaban J connectivity index is 1.60. The zero-order chi connectivity index (χ0) is 24.7. The summed E-state index contributed by atoms with van der Waals surface area (Å²) in [6.45, 7) is 4.14. The average molecular weight is 486 g/mol. The molecule has 0 saturated carbocycles. The molecule has 0 aliphatic rings. The molecule has 34 heavy (non-hydrogen) atoms. The standard InChI is InChI=1S/C23H24FN5O4S/c1-4-29-20(14(2)25-21(31)17-7-5-6-8-18(17)24)27-28-23(29)34-13-19(30)26-16-11-9-15(10-12-16)22(32)33-3/h5-12,14H,4,13H2,1-3H3,(H,25,31)(H,26,30)/t14-/m1/s1. The first-order valence-corrected chi connectivity index (χ1v) is 11.4. The van der Waals surface area contributed by atoms with Gasteiger partial charge in [0.25, 0.3) is 5.91 Å². The van der Waals surface area contributed by atoms with E-state index in [2.05, 4.69) is 25.6 Å². The van der Waals surface area contributed by atoms with E-state index in [0.29, 0.717) is 28.8 Å². The Morgan fingerprint density at radius 3 is 2.47 bits per heavy atom. The van der Waals surface area contributed by atoms with E-state index in [1.807, 2.05) is 6.92 Å². The lowest BCUT2D eigenvalue weighted by Gasteiger charge is -2.15. The third-order valence-electron chi connectivity index (χ3n) is 4.84. The van der Waals surface area contributed by atoms with Gasteiger partial charge in [-0.25, -0.2) is 9.18 Å². The van der Waals surface area contributed by atoms with Crippen molar-refractivity contribution in [2.45, 2.75) is 31.6 Å². The molecule has 0 saturated heterocycles. The fourth-order valence-electron chi connectivity index (χ4n) is 3.14. The number of ether oxygens (including phenoxy) is 1. The number of aromatic nitrogens is 3. The van der Waals surface area contributed by atoms with E-state index in [1.54, 1.807) is 41.8 Å². The molecule has 178 valence electrons. The van der Waals surface area contributed by atoms with Crippen molar-refractivity contribution < 1.29 is 23.5 Å². The maximum absolute atomic E-state index is 13.9. The molecule has 0 aliphatic heterocycles. The predicted molar refractivity (Wildman–Crippen MR) is 125 cm³/mol. The Bertz CT molecular complexity index is 1180. The number of anilines is 1. The van der Waals surface area contributed by atoms with E-state index in [0.717, 1.165) is 0 Å². The number of halogens is 1. The first-order chi connectivity index (χ1) is 16.3. The number of nitrogens with one attached hydrogen (secondary N) is 2. The van der Waals surface area contributed by atoms with Gasteiger partial charge in [-0.3, -0.25) is 9.59 Å². The molecule has 11 heteroatoms. The van der Waals surface area contributed by atoms with E-state index < -0.39 is 23.7 Å². The predicted octanol–water partition coefficient (Wildman–Crippen LogP) is 3.45. The van der Waals surface area contributed by atoms with Crippen LogP contribution in [0.15, 0.2) is 53.7 Å². The topological polar surface area (TPSA) is 115 Å². The van der Waals surface area contributed by atoms with Crippen molar-refractivity contribution in [3.8, 4) is 0 Å². The van der Waals surface area contributed by atoms with Gasteiger partial charge in [0.05, 0.1) is 30.0 Å². The van der Waals surface area contributed by atoms with E-state index in [4.69, 9.17) is 0 Å². The highest BCUT2D eigenvalue weighted by atomic mass is 32.2. The number of rotatable bonds is 9. The van der Waals surface area contributed by atoms with Crippen molar-refractivity contribution in [1.29, 1.82) is 0 Å². The molecule has 0 aliphatic carbocycles. The van der Waals surface area contributed by atoms with Gasteiger partial charge in [-0.15, -0.1) is 10.2 Å². The van der Waals surface area contributed by atoms with Crippen molar-refractivity contribution in [3.05, 3.63) is 71.3 Å². The summed E-state index contributed by atoms with van der Waals surface area (Å²) < 4.78 is 20.3. The number of carbonyl (C=O) groups excluding carboxylic acids is 3. The van der Waals surface area contributed by atoms with Crippen LogP contribution in [0.25, 0.3) is 0 Å². The maximum atomic E-state index is 13.9. The van der Waals surface area contributed by atoms with Crippen molar-refractivity contribution >= 4 is 35.2 Å². The minimum atomic E-state index is -0.605. The van der Waals surface area contributed by atoms with E-state index in [1.165, 1.54) is 37.1 Å². The van der Waals surface area contributed by atoms with Gasteiger partial charge < -0.3 is 19.9 Å². The van der Waals surface area contributed by atoms with Crippen molar-refractivity contribution in [2.75, 3.05) is 18.2 Å². The van der Waals surface area contributed by atoms with Crippen LogP contribution in [0.4, 0.5) is 10.1 Å². The lowest BCUT2D eigenvalue weighted by atomic mass is 10.2. The smallest absolute Gasteiger partial charge is 0.337 e. The second-order valence-electron chi connectivity index (χ2n) is 7.17. The van der Waals surface area contributed by atoms with Gasteiger partial charge in [0, 0.05) is 12.2 Å². The molecule has 2 N–H and O–H groups in total. The number of esters is 1. The lowest BCUT2D eigenvalue weighted by Crippen LogP contribution is -2.29. The monoisotopic (exact) mass is 485 g/mol. The normalized spacial score (nSPS) is 11.5. The largest absolute Gasteiger partial charge is 0.465 e. The van der Waals surface area contributed by atoms with Gasteiger partial charge in [0.2, 0.25) is 5.91 Å². The second kappa shape index (κ2) is 11.4. The first kappa shape index (κ1) is 24.9. The Kier molecular flexibility index (Phi) is 8.36. The molecule has 1 atom stereocenters. The van der Waals surface area contributed by atoms with Crippen molar-refractivity contribution in [3.63, 3.8) is 0 Å². The summed E-state index contributed by atoms with van der Waals surface area (Å²) in [4.78, 5) is 36.3. The van der Waals surface area contributed by atoms with Gasteiger partial charge in [-0.2, -0.15) is 0 Å². The molecule has 1 heterocycles. The quantitative estimate of drug-likeness (QED) is 0.352. The van der Waals surface area contributed by atoms with Crippen LogP contribution < -0.4 is 10.6 Å². The zero-order valence-electron chi connectivity index (χ0n) is 18.9. The average Bonchev–Trinajstić information content (AvgIpc) is 3.26. The van der Waals surface area contributed by atoms with E-state index in [-0.39, 0.29) is 17.2 Å². The third-order valence-corrected chi connectivity index (χ3v) is 5.80. The highest BCUT2D eigenvalue weighted by molar-refractivity contribution is 7.99. The second-order valence-corrected chi connectivity index (χ2v) is 8.11. The molecular formula is C23H24FN5O4S. The summed E-state index contributed by atoms with van der Waals surface area (Å²) in [5, 5.41) is 14.3. The van der Waals surface area contributed by atoms with Crippen molar-refractivity contribution in [1.82, 2.24) is 20.1 Å². The molecule has 9 nitrogen and oxygen atoms in total. The fraction of sp³-hybridized carbons (Fsp3) is 0.261. The molecule has 1 aromatic heterocycles. The summed E-state index contributed by atoms with van der Waals surface area (Å²) in [5.74, 6) is -1.30. The SMILES string of the molecule is CCn1c(SCC(=O)Nc2ccc(C(=O)OC)cc2)nnc1[C@@H](C)NC(=O)c1ccccc1F. The number of thioether (sulfide) groups is 1. The molecule has 3 rings (SSSR count). The summed E-state index contributed by atoms with van der Waals surface area (Å²) in [7, 11) is 1.30. The Labute approximate surface area is 200 Å². The number of hydrogen-bond donors (Lipinski definition) is 2. The number of benzene rings is 2. The molecular weight excluding hydrogens is 461 g/mol. The first-order valence-electron chi connectivity index (χ1n) is 10.4. The Hall–Kier alpha value is -3.73. The summed E-state index contributed by atoms with van der Waals surface area (Å²) in [6, 6.07) is 11.5. The minimum absolute atomic E-state index is 0.0530. The maximum Gasteiger partial charge on any atom is 0.337 e. The molecule has 0 spiro atoms. The molecule has 0 bridgehead atoms. The summed E-state index contributed by atoms with van der Waals surface area (Å²) >= 11 is 1.20. The molecule has 0 fully saturated rings. The lowest BCUT2D eigenvalue weighted by molar-refractivity contribution is -0.113. The van der Waals surface area contributed by atoms with Gasteiger partial charge in [-0.1, -0.05) is 23.9 Å². The van der Waals surface area contributed by atoms with Gasteiger partial charge in [0.1, 0.15) is 5.82 Å². The van der Waals surface area contributed by atoms with Crippen LogP contribution in [0.1, 0.15) is 46.4 Å². The van der Waals surface area contributed by atoms with Crippen LogP contribution in [-0.4, -0.2) is 45.4 Å².